The lowest BCUT2D eigenvalue weighted by molar-refractivity contribution is -0.137. The van der Waals surface area contributed by atoms with E-state index in [0.29, 0.717) is 57.8 Å². The number of para-hydroxylation sites is 1. The zero-order valence-corrected chi connectivity index (χ0v) is 24.0. The molecule has 43 heavy (non-hydrogen) atoms. The second-order valence-corrected chi connectivity index (χ2v) is 10.9. The van der Waals surface area contributed by atoms with Crippen LogP contribution >= 0.6 is 11.6 Å². The predicted octanol–water partition coefficient (Wildman–Crippen LogP) is 6.73. The van der Waals surface area contributed by atoms with Crippen LogP contribution in [0.3, 0.4) is 0 Å². The topological polar surface area (TPSA) is 82.5 Å². The first-order valence-electron chi connectivity index (χ1n) is 13.9. The Labute approximate surface area is 251 Å². The number of likely N-dealkylation sites (tertiary alicyclic amines) is 1. The Morgan fingerprint density at radius 2 is 1.72 bits per heavy atom. The summed E-state index contributed by atoms with van der Waals surface area (Å²) in [6, 6.07) is 18.0. The van der Waals surface area contributed by atoms with Crippen molar-refractivity contribution in [2.45, 2.75) is 31.6 Å². The summed E-state index contributed by atoms with van der Waals surface area (Å²) in [6.07, 6.45) is -1.20. The Hall–Kier alpha value is -4.28. The van der Waals surface area contributed by atoms with Crippen LogP contribution in [0.15, 0.2) is 77.9 Å². The summed E-state index contributed by atoms with van der Waals surface area (Å²) >= 11 is 6.34. The molecule has 0 aliphatic carbocycles. The molecule has 4 aromatic rings. The number of aromatic nitrogens is 2. The van der Waals surface area contributed by atoms with Crippen molar-refractivity contribution in [2.24, 2.45) is 4.99 Å². The van der Waals surface area contributed by atoms with Gasteiger partial charge in [0.2, 0.25) is 5.95 Å². The minimum Gasteiger partial charge on any atom is -0.338 e. The van der Waals surface area contributed by atoms with E-state index in [1.54, 1.807) is 42.6 Å². The zero-order chi connectivity index (χ0) is 30.1. The van der Waals surface area contributed by atoms with Gasteiger partial charge in [-0.1, -0.05) is 48.0 Å². The van der Waals surface area contributed by atoms with Gasteiger partial charge in [0.05, 0.1) is 34.8 Å². The predicted molar refractivity (Wildman–Crippen MR) is 161 cm³/mol. The molecule has 1 saturated heterocycles. The minimum atomic E-state index is -4.57. The lowest BCUT2D eigenvalue weighted by atomic mass is 9.92. The van der Waals surface area contributed by atoms with Crippen LogP contribution in [0.2, 0.25) is 5.02 Å². The van der Waals surface area contributed by atoms with Crippen molar-refractivity contribution >= 4 is 34.9 Å². The van der Waals surface area contributed by atoms with Gasteiger partial charge in [0, 0.05) is 52.6 Å². The number of alkyl halides is 3. The number of piperidine rings is 1. The molecule has 0 bridgehead atoms. The third kappa shape index (κ3) is 5.85. The molecule has 11 heteroatoms. The van der Waals surface area contributed by atoms with Crippen LogP contribution in [0, 0.1) is 0 Å². The van der Waals surface area contributed by atoms with Crippen LogP contribution in [-0.4, -0.2) is 52.7 Å². The average Bonchev–Trinajstić information content (AvgIpc) is 3.17. The fourth-order valence-corrected chi connectivity index (χ4v) is 5.76. The van der Waals surface area contributed by atoms with Gasteiger partial charge in [-0.2, -0.15) is 13.2 Å². The van der Waals surface area contributed by atoms with E-state index in [9.17, 15) is 18.0 Å². The summed E-state index contributed by atoms with van der Waals surface area (Å²) in [7, 11) is 1.93. The normalized spacial score (nSPS) is 15.3. The highest BCUT2D eigenvalue weighted by Gasteiger charge is 2.35. The number of rotatable bonds is 5. The molecule has 0 atom stereocenters. The smallest absolute Gasteiger partial charge is 0.338 e. The maximum Gasteiger partial charge on any atom is 0.417 e. The van der Waals surface area contributed by atoms with E-state index in [2.05, 4.69) is 20.6 Å². The molecule has 3 heterocycles. The Bertz CT molecular complexity index is 1720. The third-order valence-electron chi connectivity index (χ3n) is 7.85. The van der Waals surface area contributed by atoms with Crippen LogP contribution in [0.5, 0.6) is 0 Å². The number of anilines is 2. The summed E-state index contributed by atoms with van der Waals surface area (Å²) in [6.45, 7) is 1.39. The first-order chi connectivity index (χ1) is 20.7. The molecule has 2 aliphatic heterocycles. The van der Waals surface area contributed by atoms with Gasteiger partial charge >= 0.3 is 6.18 Å². The zero-order valence-electron chi connectivity index (χ0n) is 23.3. The molecule has 2 N–H and O–H groups in total. The number of carbonyl (C=O) groups excluding carboxylic acids is 1. The highest BCUT2D eigenvalue weighted by atomic mass is 35.5. The Morgan fingerprint density at radius 1 is 0.977 bits per heavy atom. The number of aliphatic imine (C=N–C) groups is 1. The van der Waals surface area contributed by atoms with Crippen molar-refractivity contribution in [3.05, 3.63) is 106 Å². The summed E-state index contributed by atoms with van der Waals surface area (Å²) in [5.74, 6) is 0.168. The Morgan fingerprint density at radius 3 is 2.49 bits per heavy atom. The number of nitrogens with one attached hydrogen (secondary N) is 2. The SMILES string of the molecule is CNC1CCN(C(=O)c2ccccc2Nc2ncc3c(n2)-c2ccc(Cl)cc2C(c2ccccc2C(F)(F)F)=NC3)CC1. The third-order valence-corrected chi connectivity index (χ3v) is 8.08. The van der Waals surface area contributed by atoms with E-state index < -0.39 is 11.7 Å². The molecule has 0 spiro atoms. The van der Waals surface area contributed by atoms with Gasteiger partial charge in [0.15, 0.2) is 0 Å². The van der Waals surface area contributed by atoms with Crippen LogP contribution in [0.4, 0.5) is 24.8 Å². The highest BCUT2D eigenvalue weighted by Crippen LogP contribution is 2.38. The molecule has 220 valence electrons. The first-order valence-corrected chi connectivity index (χ1v) is 14.3. The van der Waals surface area contributed by atoms with Crippen molar-refractivity contribution in [1.82, 2.24) is 20.2 Å². The van der Waals surface area contributed by atoms with Crippen LogP contribution in [0.1, 0.15) is 45.5 Å². The number of fused-ring (bicyclic) bond motifs is 3. The summed E-state index contributed by atoms with van der Waals surface area (Å²) < 4.78 is 42.0. The van der Waals surface area contributed by atoms with Gasteiger partial charge in [-0.25, -0.2) is 9.97 Å². The van der Waals surface area contributed by atoms with Crippen molar-refractivity contribution in [2.75, 3.05) is 25.5 Å². The van der Waals surface area contributed by atoms with Crippen LogP contribution < -0.4 is 10.6 Å². The van der Waals surface area contributed by atoms with Crippen LogP contribution in [-0.2, 0) is 12.7 Å². The van der Waals surface area contributed by atoms with E-state index in [1.165, 1.54) is 12.1 Å². The molecule has 0 unspecified atom stereocenters. The molecule has 7 nitrogen and oxygen atoms in total. The molecule has 3 aromatic carbocycles. The van der Waals surface area contributed by atoms with E-state index >= 15 is 0 Å². The quantitative estimate of drug-likeness (QED) is 0.264. The van der Waals surface area contributed by atoms with Crippen molar-refractivity contribution < 1.29 is 18.0 Å². The molecule has 0 radical (unpaired) electrons. The lowest BCUT2D eigenvalue weighted by Crippen LogP contribution is -2.44. The molecular formula is C32H28ClF3N6O. The molecule has 1 aromatic heterocycles. The molecule has 1 amide bonds. The van der Waals surface area contributed by atoms with Gasteiger partial charge in [-0.05, 0) is 50.2 Å². The van der Waals surface area contributed by atoms with E-state index in [1.807, 2.05) is 24.1 Å². The number of nitrogens with zero attached hydrogens (tertiary/aromatic N) is 4. The van der Waals surface area contributed by atoms with E-state index in [-0.39, 0.29) is 29.7 Å². The maximum atomic E-state index is 14.0. The van der Waals surface area contributed by atoms with Gasteiger partial charge in [-0.3, -0.25) is 9.79 Å². The number of amides is 1. The molecular weight excluding hydrogens is 577 g/mol. The Balaban J connectivity index is 1.36. The van der Waals surface area contributed by atoms with Gasteiger partial charge in [-0.15, -0.1) is 0 Å². The van der Waals surface area contributed by atoms with Crippen molar-refractivity contribution in [3.63, 3.8) is 0 Å². The number of hydrogen-bond donors (Lipinski definition) is 2. The Kier molecular flexibility index (Phi) is 7.89. The van der Waals surface area contributed by atoms with Crippen molar-refractivity contribution in [3.8, 4) is 11.3 Å². The largest absolute Gasteiger partial charge is 0.417 e. The number of halogens is 4. The molecule has 1 fully saturated rings. The number of benzene rings is 3. The maximum absolute atomic E-state index is 14.0. The fourth-order valence-electron chi connectivity index (χ4n) is 5.59. The number of hydrogen-bond acceptors (Lipinski definition) is 6. The van der Waals surface area contributed by atoms with Gasteiger partial charge in [0.25, 0.3) is 5.91 Å². The summed E-state index contributed by atoms with van der Waals surface area (Å²) in [4.78, 5) is 29.2. The van der Waals surface area contributed by atoms with E-state index in [0.717, 1.165) is 18.9 Å². The van der Waals surface area contributed by atoms with Crippen molar-refractivity contribution in [1.29, 1.82) is 0 Å². The standard InChI is InChI=1S/C32H28ClF3N6O/c1-37-21-12-14-42(15-13-21)30(43)24-7-3-5-9-27(24)40-31-39-18-19-17-38-29(23-6-2-4-8-26(23)32(34,35)36)25-16-20(33)10-11-22(25)28(19)41-31/h2-11,16,18,21,37H,12-15,17H2,1H3,(H,39,40,41). The molecule has 0 saturated carbocycles. The van der Waals surface area contributed by atoms with Gasteiger partial charge in [0.1, 0.15) is 0 Å². The minimum absolute atomic E-state index is 0.0381. The summed E-state index contributed by atoms with van der Waals surface area (Å²) in [5, 5.41) is 6.84. The highest BCUT2D eigenvalue weighted by molar-refractivity contribution is 6.31. The number of carbonyl (C=O) groups is 1. The first kappa shape index (κ1) is 28.8. The second-order valence-electron chi connectivity index (χ2n) is 10.5. The summed E-state index contributed by atoms with van der Waals surface area (Å²) in [5.41, 5.74) is 2.60. The average molecular weight is 605 g/mol. The van der Waals surface area contributed by atoms with Crippen LogP contribution in [0.25, 0.3) is 11.3 Å². The molecule has 6 rings (SSSR count). The van der Waals surface area contributed by atoms with Gasteiger partial charge < -0.3 is 15.5 Å². The molecule has 2 aliphatic rings. The second kappa shape index (κ2) is 11.8. The monoisotopic (exact) mass is 604 g/mol. The van der Waals surface area contributed by atoms with E-state index in [4.69, 9.17) is 16.6 Å². The fraction of sp³-hybridized carbons (Fsp3) is 0.250. The lowest BCUT2D eigenvalue weighted by Gasteiger charge is -2.32.